The standard InChI is InChI=1S/C8H11N.C2H6O4S/c1-3-8-5-4-7(2)9-6-8;3-1-2-7(4,5)6/h4-6H,3H2,1-2H3;3H,1-2H2,(H,4,5,6). The third-order valence-corrected chi connectivity index (χ3v) is 2.43. The van der Waals surface area contributed by atoms with E-state index in [-0.39, 0.29) is 0 Å². The minimum atomic E-state index is -3.92. The van der Waals surface area contributed by atoms with Gasteiger partial charge in [-0.05, 0) is 25.0 Å². The lowest BCUT2D eigenvalue weighted by molar-refractivity contribution is 0.315. The first-order valence-electron chi connectivity index (χ1n) is 4.86. The number of aliphatic hydroxyl groups excluding tert-OH is 1. The maximum absolute atomic E-state index is 9.63. The molecule has 0 aliphatic rings. The van der Waals surface area contributed by atoms with Crippen LogP contribution in [0.15, 0.2) is 18.3 Å². The van der Waals surface area contributed by atoms with E-state index >= 15 is 0 Å². The Kier molecular flexibility index (Phi) is 6.87. The Morgan fingerprint density at radius 3 is 2.25 bits per heavy atom. The zero-order valence-corrected chi connectivity index (χ0v) is 10.2. The number of aromatic nitrogens is 1. The van der Waals surface area contributed by atoms with Crippen LogP contribution in [0.2, 0.25) is 0 Å². The third kappa shape index (κ3) is 8.34. The highest BCUT2D eigenvalue weighted by atomic mass is 32.2. The fraction of sp³-hybridized carbons (Fsp3) is 0.500. The largest absolute Gasteiger partial charge is 0.395 e. The zero-order valence-electron chi connectivity index (χ0n) is 9.42. The van der Waals surface area contributed by atoms with Crippen LogP contribution in [-0.4, -0.2) is 35.4 Å². The lowest BCUT2D eigenvalue weighted by atomic mass is 10.2. The molecular weight excluding hydrogens is 230 g/mol. The molecule has 16 heavy (non-hydrogen) atoms. The van der Waals surface area contributed by atoms with Crippen molar-refractivity contribution in [1.29, 1.82) is 0 Å². The first-order chi connectivity index (χ1) is 7.39. The summed E-state index contributed by atoms with van der Waals surface area (Å²) in [4.78, 5) is 4.15. The van der Waals surface area contributed by atoms with Gasteiger partial charge in [-0.15, -0.1) is 0 Å². The summed E-state index contributed by atoms with van der Waals surface area (Å²) in [5.41, 5.74) is 2.40. The van der Waals surface area contributed by atoms with Crippen molar-refractivity contribution in [3.05, 3.63) is 29.6 Å². The van der Waals surface area contributed by atoms with Crippen LogP contribution in [0.3, 0.4) is 0 Å². The van der Waals surface area contributed by atoms with E-state index in [1.165, 1.54) is 5.56 Å². The van der Waals surface area contributed by atoms with Crippen molar-refractivity contribution in [1.82, 2.24) is 4.98 Å². The van der Waals surface area contributed by atoms with Gasteiger partial charge in [0.15, 0.2) is 0 Å². The number of rotatable bonds is 3. The van der Waals surface area contributed by atoms with Gasteiger partial charge >= 0.3 is 0 Å². The molecule has 0 spiro atoms. The van der Waals surface area contributed by atoms with Gasteiger partial charge in [0.05, 0.1) is 12.4 Å². The summed E-state index contributed by atoms with van der Waals surface area (Å²) in [5, 5.41) is 7.86. The molecule has 0 aliphatic carbocycles. The summed E-state index contributed by atoms with van der Waals surface area (Å²) in [7, 11) is -3.92. The molecule has 1 rings (SSSR count). The molecule has 1 heterocycles. The van der Waals surface area contributed by atoms with Crippen molar-refractivity contribution in [3.63, 3.8) is 0 Å². The second kappa shape index (κ2) is 7.32. The number of aliphatic hydroxyl groups is 1. The topological polar surface area (TPSA) is 87.5 Å². The SMILES string of the molecule is CCc1ccc(C)nc1.O=S(=O)(O)CCO. The van der Waals surface area contributed by atoms with Crippen LogP contribution in [0.1, 0.15) is 18.2 Å². The first kappa shape index (κ1) is 15.0. The van der Waals surface area contributed by atoms with Gasteiger partial charge in [-0.25, -0.2) is 0 Å². The maximum Gasteiger partial charge on any atom is 0.267 e. The van der Waals surface area contributed by atoms with Gasteiger partial charge in [0, 0.05) is 11.9 Å². The monoisotopic (exact) mass is 247 g/mol. The van der Waals surface area contributed by atoms with Crippen molar-refractivity contribution in [3.8, 4) is 0 Å². The lowest BCUT2D eigenvalue weighted by Gasteiger charge is -1.93. The molecule has 0 saturated heterocycles. The van der Waals surface area contributed by atoms with E-state index in [9.17, 15) is 8.42 Å². The number of hydrogen-bond donors (Lipinski definition) is 2. The van der Waals surface area contributed by atoms with Gasteiger partial charge in [-0.3, -0.25) is 9.54 Å². The Labute approximate surface area is 95.9 Å². The lowest BCUT2D eigenvalue weighted by Crippen LogP contribution is -2.06. The van der Waals surface area contributed by atoms with E-state index in [1.807, 2.05) is 19.2 Å². The summed E-state index contributed by atoms with van der Waals surface area (Å²) in [5.74, 6) is -0.576. The smallest absolute Gasteiger partial charge is 0.267 e. The zero-order chi connectivity index (χ0) is 12.6. The summed E-state index contributed by atoms with van der Waals surface area (Å²) in [6, 6.07) is 4.15. The molecule has 0 radical (unpaired) electrons. The molecule has 1 aromatic heterocycles. The van der Waals surface area contributed by atoms with Gasteiger partial charge < -0.3 is 5.11 Å². The van der Waals surface area contributed by atoms with Crippen LogP contribution >= 0.6 is 0 Å². The van der Waals surface area contributed by atoms with Crippen LogP contribution in [-0.2, 0) is 16.5 Å². The van der Waals surface area contributed by atoms with Gasteiger partial charge in [-0.2, -0.15) is 8.42 Å². The predicted molar refractivity (Wildman–Crippen MR) is 61.9 cm³/mol. The van der Waals surface area contributed by atoms with Crippen molar-refractivity contribution in [2.75, 3.05) is 12.4 Å². The summed E-state index contributed by atoms with van der Waals surface area (Å²) in [6.07, 6.45) is 3.00. The van der Waals surface area contributed by atoms with E-state index < -0.39 is 22.5 Å². The molecule has 0 atom stereocenters. The van der Waals surface area contributed by atoms with Gasteiger partial charge in [0.1, 0.15) is 0 Å². The van der Waals surface area contributed by atoms with Crippen LogP contribution in [0, 0.1) is 6.92 Å². The van der Waals surface area contributed by atoms with Gasteiger partial charge in [-0.1, -0.05) is 13.0 Å². The number of nitrogens with zero attached hydrogens (tertiary/aromatic N) is 1. The fourth-order valence-corrected chi connectivity index (χ4v) is 1.05. The number of hydrogen-bond acceptors (Lipinski definition) is 4. The molecule has 0 fully saturated rings. The molecule has 1 aromatic rings. The molecule has 2 N–H and O–H groups in total. The van der Waals surface area contributed by atoms with Gasteiger partial charge in [0.25, 0.3) is 10.1 Å². The average Bonchev–Trinajstić information content (AvgIpc) is 2.18. The molecule has 5 nitrogen and oxygen atoms in total. The van der Waals surface area contributed by atoms with E-state index in [1.54, 1.807) is 0 Å². The van der Waals surface area contributed by atoms with Crippen LogP contribution in [0.5, 0.6) is 0 Å². The second-order valence-corrected chi connectivity index (χ2v) is 4.74. The molecular formula is C10H17NO4S. The third-order valence-electron chi connectivity index (χ3n) is 1.73. The highest BCUT2D eigenvalue weighted by Crippen LogP contribution is 1.98. The molecule has 0 bridgehead atoms. The van der Waals surface area contributed by atoms with Crippen LogP contribution in [0.25, 0.3) is 0 Å². The minimum Gasteiger partial charge on any atom is -0.395 e. The molecule has 6 heteroatoms. The van der Waals surface area contributed by atoms with Crippen molar-refractivity contribution in [2.45, 2.75) is 20.3 Å². The highest BCUT2D eigenvalue weighted by Gasteiger charge is 1.99. The van der Waals surface area contributed by atoms with Crippen LogP contribution < -0.4 is 0 Å². The number of pyridine rings is 1. The molecule has 0 unspecified atom stereocenters. The average molecular weight is 247 g/mol. The normalized spacial score (nSPS) is 10.5. The Hall–Kier alpha value is -0.980. The Bertz CT molecular complexity index is 386. The molecule has 0 amide bonds. The molecule has 0 aromatic carbocycles. The molecule has 92 valence electrons. The number of aryl methyl sites for hydroxylation is 2. The highest BCUT2D eigenvalue weighted by molar-refractivity contribution is 7.85. The Morgan fingerprint density at radius 2 is 2.00 bits per heavy atom. The quantitative estimate of drug-likeness (QED) is 0.772. The van der Waals surface area contributed by atoms with E-state index in [0.717, 1.165) is 12.1 Å². The molecule has 0 saturated carbocycles. The second-order valence-electron chi connectivity index (χ2n) is 3.17. The van der Waals surface area contributed by atoms with Gasteiger partial charge in [0.2, 0.25) is 0 Å². The maximum atomic E-state index is 9.63. The Morgan fingerprint density at radius 1 is 1.38 bits per heavy atom. The molecule has 0 aliphatic heterocycles. The minimum absolute atomic E-state index is 0.529. The first-order valence-corrected chi connectivity index (χ1v) is 6.47. The summed E-state index contributed by atoms with van der Waals surface area (Å²) in [6.45, 7) is 3.60. The van der Waals surface area contributed by atoms with Crippen LogP contribution in [0.4, 0.5) is 0 Å². The van der Waals surface area contributed by atoms with Crippen molar-refractivity contribution in [2.24, 2.45) is 0 Å². The van der Waals surface area contributed by atoms with Crippen molar-refractivity contribution < 1.29 is 18.1 Å². The summed E-state index contributed by atoms with van der Waals surface area (Å²) < 4.78 is 27.1. The van der Waals surface area contributed by atoms with E-state index in [4.69, 9.17) is 9.66 Å². The summed E-state index contributed by atoms with van der Waals surface area (Å²) >= 11 is 0. The predicted octanol–water partition coefficient (Wildman–Crippen LogP) is 0.819. The van der Waals surface area contributed by atoms with E-state index in [2.05, 4.69) is 18.0 Å². The fourth-order valence-electron chi connectivity index (χ4n) is 0.823. The van der Waals surface area contributed by atoms with Crippen molar-refractivity contribution >= 4 is 10.1 Å². The Balaban J connectivity index is 0.000000293. The van der Waals surface area contributed by atoms with E-state index in [0.29, 0.717) is 0 Å².